The highest BCUT2D eigenvalue weighted by molar-refractivity contribution is 5.36. The lowest BCUT2D eigenvalue weighted by molar-refractivity contribution is 0.343. The minimum atomic E-state index is 0.0451. The lowest BCUT2D eigenvalue weighted by Crippen LogP contribution is -1.70. The Labute approximate surface area is 72.4 Å². The van der Waals surface area contributed by atoms with Gasteiger partial charge in [-0.25, -0.2) is 0 Å². The summed E-state index contributed by atoms with van der Waals surface area (Å²) in [7, 11) is 0. The van der Waals surface area contributed by atoms with Gasteiger partial charge in [-0.3, -0.25) is 0 Å². The number of aliphatic hydroxyl groups is 1. The van der Waals surface area contributed by atoms with Crippen molar-refractivity contribution in [1.29, 1.82) is 0 Å². The molecule has 1 nitrogen and oxygen atoms in total. The smallest absolute Gasteiger partial charge is 0.0621 e. The van der Waals surface area contributed by atoms with Gasteiger partial charge in [0.2, 0.25) is 0 Å². The van der Waals surface area contributed by atoms with Crippen LogP contribution in [0.4, 0.5) is 0 Å². The van der Waals surface area contributed by atoms with Gasteiger partial charge in [-0.1, -0.05) is 36.1 Å². The van der Waals surface area contributed by atoms with Gasteiger partial charge in [0, 0.05) is 5.56 Å². The summed E-state index contributed by atoms with van der Waals surface area (Å²) in [6, 6.07) is 9.73. The first kappa shape index (κ1) is 8.58. The Morgan fingerprint density at radius 1 is 1.25 bits per heavy atom. The molecule has 0 unspecified atom stereocenters. The van der Waals surface area contributed by atoms with Gasteiger partial charge in [-0.2, -0.15) is 0 Å². The van der Waals surface area contributed by atoms with Crippen LogP contribution >= 0.6 is 0 Å². The maximum absolute atomic E-state index is 8.41. The molecule has 0 heterocycles. The molecule has 0 amide bonds. The maximum Gasteiger partial charge on any atom is 0.0621 e. The van der Waals surface area contributed by atoms with Crippen LogP contribution in [0.3, 0.4) is 0 Å². The summed E-state index contributed by atoms with van der Waals surface area (Å²) >= 11 is 0. The predicted molar refractivity (Wildman–Crippen MR) is 49.5 cm³/mol. The number of aliphatic hydroxyl groups excluding tert-OH is 1. The number of benzene rings is 1. The quantitative estimate of drug-likeness (QED) is 0.615. The molecule has 12 heavy (non-hydrogen) atoms. The monoisotopic (exact) mass is 158 g/mol. The minimum absolute atomic E-state index is 0.0451. The summed E-state index contributed by atoms with van der Waals surface area (Å²) < 4.78 is 0. The SMILES string of the molecule is OCC=CC#Cc1ccccc1. The molecule has 0 aromatic heterocycles. The molecular weight excluding hydrogens is 148 g/mol. The van der Waals surface area contributed by atoms with Crippen LogP contribution in [-0.2, 0) is 0 Å². The van der Waals surface area contributed by atoms with Crippen LogP contribution in [0.25, 0.3) is 0 Å². The van der Waals surface area contributed by atoms with Crippen LogP contribution in [0.15, 0.2) is 42.5 Å². The van der Waals surface area contributed by atoms with Gasteiger partial charge in [0.25, 0.3) is 0 Å². The molecule has 1 aromatic carbocycles. The summed E-state index contributed by atoms with van der Waals surface area (Å²) in [5.41, 5.74) is 0.986. The van der Waals surface area contributed by atoms with Crippen LogP contribution in [0.1, 0.15) is 5.56 Å². The summed E-state index contributed by atoms with van der Waals surface area (Å²) in [5.74, 6) is 5.74. The first-order valence-corrected chi connectivity index (χ1v) is 3.76. The standard InChI is InChI=1S/C11H10O/c12-10-6-2-5-9-11-7-3-1-4-8-11/h1-4,6-8,12H,10H2. The number of hydrogen-bond donors (Lipinski definition) is 1. The lowest BCUT2D eigenvalue weighted by Gasteiger charge is -1.84. The van der Waals surface area contributed by atoms with Crippen molar-refractivity contribution < 1.29 is 5.11 Å². The maximum atomic E-state index is 8.41. The summed E-state index contributed by atoms with van der Waals surface area (Å²) in [6.45, 7) is 0.0451. The Bertz CT molecular complexity index is 301. The molecule has 1 N–H and O–H groups in total. The Hall–Kier alpha value is -1.52. The highest BCUT2D eigenvalue weighted by Crippen LogP contribution is 1.94. The van der Waals surface area contributed by atoms with Gasteiger partial charge in [0.05, 0.1) is 6.61 Å². The molecule has 1 rings (SSSR count). The van der Waals surface area contributed by atoms with Crippen LogP contribution in [-0.4, -0.2) is 11.7 Å². The fourth-order valence-electron chi connectivity index (χ4n) is 0.758. The van der Waals surface area contributed by atoms with Gasteiger partial charge in [0.15, 0.2) is 0 Å². The molecule has 0 spiro atoms. The molecule has 1 heteroatoms. The molecule has 0 atom stereocenters. The third-order valence-electron chi connectivity index (χ3n) is 1.30. The predicted octanol–water partition coefficient (Wildman–Crippen LogP) is 1.59. The molecule has 0 radical (unpaired) electrons. The topological polar surface area (TPSA) is 20.2 Å². The molecule has 0 saturated carbocycles. The zero-order valence-electron chi connectivity index (χ0n) is 6.70. The molecule has 0 saturated heterocycles. The van der Waals surface area contributed by atoms with Gasteiger partial charge in [-0.15, -0.1) is 0 Å². The Kier molecular flexibility index (Phi) is 3.70. The number of hydrogen-bond acceptors (Lipinski definition) is 1. The van der Waals surface area contributed by atoms with E-state index < -0.39 is 0 Å². The van der Waals surface area contributed by atoms with Crippen molar-refractivity contribution in [2.24, 2.45) is 0 Å². The van der Waals surface area contributed by atoms with Crippen molar-refractivity contribution in [3.05, 3.63) is 48.0 Å². The van der Waals surface area contributed by atoms with E-state index in [0.29, 0.717) is 0 Å². The Morgan fingerprint density at radius 2 is 2.00 bits per heavy atom. The van der Waals surface area contributed by atoms with E-state index in [0.717, 1.165) is 5.56 Å². The largest absolute Gasteiger partial charge is 0.392 e. The zero-order chi connectivity index (χ0) is 8.65. The fraction of sp³-hybridized carbons (Fsp3) is 0.0909. The van der Waals surface area contributed by atoms with Crippen molar-refractivity contribution in [1.82, 2.24) is 0 Å². The summed E-state index contributed by atoms with van der Waals surface area (Å²) in [5, 5.41) is 8.41. The van der Waals surface area contributed by atoms with E-state index >= 15 is 0 Å². The van der Waals surface area contributed by atoms with Gasteiger partial charge >= 0.3 is 0 Å². The van der Waals surface area contributed by atoms with E-state index in [2.05, 4.69) is 11.8 Å². The first-order valence-electron chi connectivity index (χ1n) is 3.76. The van der Waals surface area contributed by atoms with Crippen LogP contribution in [0.5, 0.6) is 0 Å². The second-order valence-electron chi connectivity index (χ2n) is 2.22. The molecule has 0 fully saturated rings. The summed E-state index contributed by atoms with van der Waals surface area (Å²) in [4.78, 5) is 0. The van der Waals surface area contributed by atoms with E-state index in [4.69, 9.17) is 5.11 Å². The Morgan fingerprint density at radius 3 is 2.67 bits per heavy atom. The van der Waals surface area contributed by atoms with Crippen molar-refractivity contribution >= 4 is 0 Å². The van der Waals surface area contributed by atoms with Crippen molar-refractivity contribution in [3.8, 4) is 11.8 Å². The molecule has 1 aromatic rings. The summed E-state index contributed by atoms with van der Waals surface area (Å²) in [6.07, 6.45) is 3.25. The Balaban J connectivity index is 2.61. The highest BCUT2D eigenvalue weighted by Gasteiger charge is 1.78. The average Bonchev–Trinajstić information content (AvgIpc) is 2.14. The van der Waals surface area contributed by atoms with E-state index in [9.17, 15) is 0 Å². The van der Waals surface area contributed by atoms with Gasteiger partial charge in [-0.05, 0) is 18.2 Å². The van der Waals surface area contributed by atoms with Gasteiger partial charge in [0.1, 0.15) is 0 Å². The van der Waals surface area contributed by atoms with Crippen molar-refractivity contribution in [2.75, 3.05) is 6.61 Å². The number of allylic oxidation sites excluding steroid dienone is 1. The average molecular weight is 158 g/mol. The van der Waals surface area contributed by atoms with E-state index in [1.54, 1.807) is 12.2 Å². The highest BCUT2D eigenvalue weighted by atomic mass is 16.2. The van der Waals surface area contributed by atoms with Crippen molar-refractivity contribution in [2.45, 2.75) is 0 Å². The second-order valence-corrected chi connectivity index (χ2v) is 2.22. The third kappa shape index (κ3) is 3.05. The van der Waals surface area contributed by atoms with Gasteiger partial charge < -0.3 is 5.11 Å². The normalized spacial score (nSPS) is 9.42. The molecular formula is C11H10O. The molecule has 60 valence electrons. The minimum Gasteiger partial charge on any atom is -0.392 e. The molecule has 0 aliphatic rings. The van der Waals surface area contributed by atoms with E-state index in [1.807, 2.05) is 30.3 Å². The van der Waals surface area contributed by atoms with Crippen molar-refractivity contribution in [3.63, 3.8) is 0 Å². The first-order chi connectivity index (χ1) is 5.93. The lowest BCUT2D eigenvalue weighted by atomic mass is 10.2. The van der Waals surface area contributed by atoms with Crippen LogP contribution < -0.4 is 0 Å². The second kappa shape index (κ2) is 5.17. The third-order valence-corrected chi connectivity index (χ3v) is 1.30. The molecule has 0 bridgehead atoms. The van der Waals surface area contributed by atoms with Crippen LogP contribution in [0, 0.1) is 11.8 Å². The zero-order valence-corrected chi connectivity index (χ0v) is 6.70. The molecule has 0 aliphatic carbocycles. The number of rotatable bonds is 1. The van der Waals surface area contributed by atoms with E-state index in [1.165, 1.54) is 0 Å². The molecule has 0 aliphatic heterocycles. The fourth-order valence-corrected chi connectivity index (χ4v) is 0.758. The van der Waals surface area contributed by atoms with E-state index in [-0.39, 0.29) is 6.61 Å². The van der Waals surface area contributed by atoms with Crippen LogP contribution in [0.2, 0.25) is 0 Å².